The van der Waals surface area contributed by atoms with Gasteiger partial charge < -0.3 is 5.32 Å². The van der Waals surface area contributed by atoms with Crippen LogP contribution in [0.4, 0.5) is 0 Å². The molecule has 1 amide bonds. The van der Waals surface area contributed by atoms with Crippen LogP contribution >= 0.6 is 11.6 Å². The lowest BCUT2D eigenvalue weighted by Gasteiger charge is -2.14. The van der Waals surface area contributed by atoms with E-state index in [2.05, 4.69) is 5.32 Å². The summed E-state index contributed by atoms with van der Waals surface area (Å²) in [7, 11) is 0. The summed E-state index contributed by atoms with van der Waals surface area (Å²) in [5.41, 5.74) is 1.27. The van der Waals surface area contributed by atoms with E-state index >= 15 is 0 Å². The summed E-state index contributed by atoms with van der Waals surface area (Å²) in [6.45, 7) is 0.690. The van der Waals surface area contributed by atoms with Crippen molar-refractivity contribution < 1.29 is 4.79 Å². The second-order valence-corrected chi connectivity index (χ2v) is 5.12. The highest BCUT2D eigenvalue weighted by molar-refractivity contribution is 6.29. The Morgan fingerprint density at radius 1 is 1.31 bits per heavy atom. The highest BCUT2D eigenvalue weighted by Crippen LogP contribution is 2.25. The minimum Gasteiger partial charge on any atom is -0.352 e. The Hall–Kier alpha value is -0.760. The summed E-state index contributed by atoms with van der Waals surface area (Å²) in [6, 6.07) is 0. The van der Waals surface area contributed by atoms with Crippen LogP contribution in [0.5, 0.6) is 0 Å². The van der Waals surface area contributed by atoms with Gasteiger partial charge in [-0.25, -0.2) is 0 Å². The maximum Gasteiger partial charge on any atom is 0.223 e. The third kappa shape index (κ3) is 3.11. The minimum atomic E-state index is 0.235. The Balaban J connectivity index is 1.77. The van der Waals surface area contributed by atoms with Crippen molar-refractivity contribution in [3.8, 4) is 0 Å². The minimum absolute atomic E-state index is 0.235. The predicted molar refractivity (Wildman–Crippen MR) is 66.2 cm³/mol. The fourth-order valence-corrected chi connectivity index (χ4v) is 2.49. The molecule has 1 N–H and O–H groups in total. The second kappa shape index (κ2) is 5.53. The van der Waals surface area contributed by atoms with Gasteiger partial charge in [-0.15, -0.1) is 0 Å². The molecule has 0 aliphatic heterocycles. The zero-order valence-electron chi connectivity index (χ0n) is 9.47. The lowest BCUT2D eigenvalue weighted by molar-refractivity contribution is -0.124. The number of carbonyl (C=O) groups excluding carboxylic acids is 1. The molecule has 0 spiro atoms. The van der Waals surface area contributed by atoms with Crippen LogP contribution in [-0.4, -0.2) is 12.5 Å². The van der Waals surface area contributed by atoms with E-state index in [0.29, 0.717) is 6.54 Å². The van der Waals surface area contributed by atoms with Gasteiger partial charge in [0.25, 0.3) is 0 Å². The van der Waals surface area contributed by atoms with Crippen LogP contribution in [0.1, 0.15) is 38.5 Å². The van der Waals surface area contributed by atoms with Crippen molar-refractivity contribution in [3.63, 3.8) is 0 Å². The molecule has 0 aromatic carbocycles. The van der Waals surface area contributed by atoms with Gasteiger partial charge in [-0.1, -0.05) is 36.1 Å². The monoisotopic (exact) mass is 239 g/mol. The molecule has 0 saturated heterocycles. The van der Waals surface area contributed by atoms with Crippen LogP contribution in [0.15, 0.2) is 22.8 Å². The number of hydrogen-bond donors (Lipinski definition) is 1. The Labute approximate surface area is 102 Å². The fraction of sp³-hybridized carbons (Fsp3) is 0.615. The van der Waals surface area contributed by atoms with E-state index in [1.165, 1.54) is 18.4 Å². The van der Waals surface area contributed by atoms with Gasteiger partial charge in [0.2, 0.25) is 5.91 Å². The molecule has 0 bridgehead atoms. The first kappa shape index (κ1) is 11.7. The van der Waals surface area contributed by atoms with E-state index in [4.69, 9.17) is 11.6 Å². The second-order valence-electron chi connectivity index (χ2n) is 4.64. The average molecular weight is 240 g/mol. The molecule has 2 aliphatic rings. The Bertz CT molecular complexity index is 327. The van der Waals surface area contributed by atoms with Crippen molar-refractivity contribution >= 4 is 17.5 Å². The smallest absolute Gasteiger partial charge is 0.223 e. The number of amides is 1. The van der Waals surface area contributed by atoms with Gasteiger partial charge in [0.05, 0.1) is 0 Å². The lowest BCUT2D eigenvalue weighted by Crippen LogP contribution is -2.31. The van der Waals surface area contributed by atoms with Gasteiger partial charge in [-0.05, 0) is 31.8 Å². The van der Waals surface area contributed by atoms with Crippen molar-refractivity contribution in [2.75, 3.05) is 6.54 Å². The highest BCUT2D eigenvalue weighted by Gasteiger charge is 2.22. The van der Waals surface area contributed by atoms with Crippen molar-refractivity contribution in [3.05, 3.63) is 22.8 Å². The first-order chi connectivity index (χ1) is 7.75. The number of carbonyl (C=O) groups is 1. The average Bonchev–Trinajstić information content (AvgIpc) is 2.81. The Kier molecular flexibility index (Phi) is 4.05. The normalized spacial score (nSPS) is 21.6. The van der Waals surface area contributed by atoms with Crippen molar-refractivity contribution in [1.29, 1.82) is 0 Å². The molecule has 0 aromatic rings. The first-order valence-electron chi connectivity index (χ1n) is 6.07. The SMILES string of the molecule is O=C(NCC1=CC=C(Cl)CC1)C1CCCC1. The maximum atomic E-state index is 11.8. The molecule has 0 atom stereocenters. The first-order valence-corrected chi connectivity index (χ1v) is 6.45. The third-order valence-electron chi connectivity index (χ3n) is 3.40. The molecule has 0 unspecified atom stereocenters. The number of nitrogens with one attached hydrogen (secondary N) is 1. The number of allylic oxidation sites excluding steroid dienone is 3. The van der Waals surface area contributed by atoms with E-state index < -0.39 is 0 Å². The van der Waals surface area contributed by atoms with Crippen molar-refractivity contribution in [2.24, 2.45) is 5.92 Å². The van der Waals surface area contributed by atoms with Crippen LogP contribution in [0.3, 0.4) is 0 Å². The summed E-state index contributed by atoms with van der Waals surface area (Å²) < 4.78 is 0. The number of hydrogen-bond acceptors (Lipinski definition) is 1. The van der Waals surface area contributed by atoms with Gasteiger partial charge in [0.15, 0.2) is 0 Å². The molecule has 2 rings (SSSR count). The van der Waals surface area contributed by atoms with Crippen LogP contribution in [0.25, 0.3) is 0 Å². The Morgan fingerprint density at radius 2 is 2.06 bits per heavy atom. The van der Waals surface area contributed by atoms with Gasteiger partial charge in [-0.3, -0.25) is 4.79 Å². The summed E-state index contributed by atoms with van der Waals surface area (Å²) >= 11 is 5.88. The van der Waals surface area contributed by atoms with Crippen LogP contribution < -0.4 is 5.32 Å². The summed E-state index contributed by atoms with van der Waals surface area (Å²) in [4.78, 5) is 11.8. The van der Waals surface area contributed by atoms with Crippen LogP contribution in [0, 0.1) is 5.92 Å². The number of halogens is 1. The van der Waals surface area contributed by atoms with Crippen LogP contribution in [0.2, 0.25) is 0 Å². The molecule has 0 heterocycles. The standard InChI is InChI=1S/C13H18ClNO/c14-12-7-5-10(6-8-12)9-15-13(16)11-3-1-2-4-11/h5,7,11H,1-4,6,8-9H2,(H,15,16). The predicted octanol–water partition coefficient (Wildman–Crippen LogP) is 3.14. The van der Waals surface area contributed by atoms with E-state index in [9.17, 15) is 4.79 Å². The molecule has 1 saturated carbocycles. The molecule has 2 nitrogen and oxygen atoms in total. The van der Waals surface area contributed by atoms with Gasteiger partial charge in [0.1, 0.15) is 0 Å². The zero-order chi connectivity index (χ0) is 11.4. The quantitative estimate of drug-likeness (QED) is 0.806. The van der Waals surface area contributed by atoms with Gasteiger partial charge in [-0.2, -0.15) is 0 Å². The summed E-state index contributed by atoms with van der Waals surface area (Å²) in [5, 5.41) is 3.94. The molecular weight excluding hydrogens is 222 g/mol. The Morgan fingerprint density at radius 3 is 2.69 bits per heavy atom. The maximum absolute atomic E-state index is 11.8. The molecule has 2 aliphatic carbocycles. The molecule has 16 heavy (non-hydrogen) atoms. The van der Waals surface area contributed by atoms with Gasteiger partial charge >= 0.3 is 0 Å². The summed E-state index contributed by atoms with van der Waals surface area (Å²) in [5.74, 6) is 0.502. The van der Waals surface area contributed by atoms with E-state index in [-0.39, 0.29) is 11.8 Å². The van der Waals surface area contributed by atoms with E-state index in [1.807, 2.05) is 12.2 Å². The largest absolute Gasteiger partial charge is 0.352 e. The summed E-state index contributed by atoms with van der Waals surface area (Å²) in [6.07, 6.45) is 10.4. The van der Waals surface area contributed by atoms with E-state index in [0.717, 1.165) is 30.7 Å². The molecule has 1 fully saturated rings. The fourth-order valence-electron chi connectivity index (χ4n) is 2.34. The zero-order valence-corrected chi connectivity index (χ0v) is 10.2. The highest BCUT2D eigenvalue weighted by atomic mass is 35.5. The third-order valence-corrected chi connectivity index (χ3v) is 3.72. The molecule has 0 radical (unpaired) electrons. The topological polar surface area (TPSA) is 29.1 Å². The van der Waals surface area contributed by atoms with Crippen molar-refractivity contribution in [1.82, 2.24) is 5.32 Å². The van der Waals surface area contributed by atoms with E-state index in [1.54, 1.807) is 0 Å². The molecule has 0 aromatic heterocycles. The van der Waals surface area contributed by atoms with Crippen molar-refractivity contribution in [2.45, 2.75) is 38.5 Å². The van der Waals surface area contributed by atoms with Crippen LogP contribution in [-0.2, 0) is 4.79 Å². The molecule has 3 heteroatoms. The lowest BCUT2D eigenvalue weighted by atomic mass is 10.0. The molecule has 88 valence electrons. The van der Waals surface area contributed by atoms with Gasteiger partial charge in [0, 0.05) is 17.5 Å². The number of rotatable bonds is 3. The molecular formula is C13H18ClNO.